The summed E-state index contributed by atoms with van der Waals surface area (Å²) in [6.45, 7) is 4.89. The lowest BCUT2D eigenvalue weighted by Gasteiger charge is -2.31. The number of hydrogen-bond acceptors (Lipinski definition) is 1. The zero-order valence-electron chi connectivity index (χ0n) is 33.6. The van der Waals surface area contributed by atoms with E-state index in [0.29, 0.717) is 5.92 Å². The third kappa shape index (κ3) is 5.80. The molecule has 11 rings (SSSR count). The van der Waals surface area contributed by atoms with Crippen LogP contribution in [0.4, 0.5) is 17.1 Å². The molecule has 2 bridgehead atoms. The smallest absolute Gasteiger partial charge is 0.0540 e. The van der Waals surface area contributed by atoms with Crippen LogP contribution in [0.3, 0.4) is 0 Å². The summed E-state index contributed by atoms with van der Waals surface area (Å²) >= 11 is 0. The Morgan fingerprint density at radius 2 is 1.18 bits per heavy atom. The molecule has 1 heteroatoms. The number of anilines is 3. The molecule has 3 saturated carbocycles. The number of nitrogens with zero attached hydrogens (tertiary/aromatic N) is 1. The van der Waals surface area contributed by atoms with E-state index in [1.165, 1.54) is 141 Å². The summed E-state index contributed by atoms with van der Waals surface area (Å²) in [7, 11) is 0. The molecule has 4 aliphatic rings. The van der Waals surface area contributed by atoms with E-state index < -0.39 is 0 Å². The molecule has 0 aromatic heterocycles. The Hall–Kier alpha value is -5.40. The summed E-state index contributed by atoms with van der Waals surface area (Å²) in [6, 6.07) is 58.2. The average molecular weight is 740 g/mol. The molecular formula is C56H53N. The number of hydrogen-bond donors (Lipinski definition) is 0. The van der Waals surface area contributed by atoms with Gasteiger partial charge in [0.2, 0.25) is 0 Å². The maximum atomic E-state index is 2.57. The van der Waals surface area contributed by atoms with E-state index in [1.807, 2.05) is 0 Å². The Morgan fingerprint density at radius 3 is 1.98 bits per heavy atom. The van der Waals surface area contributed by atoms with E-state index in [4.69, 9.17) is 0 Å². The van der Waals surface area contributed by atoms with Crippen molar-refractivity contribution in [2.75, 3.05) is 4.90 Å². The van der Waals surface area contributed by atoms with Gasteiger partial charge in [-0.05, 0) is 147 Å². The van der Waals surface area contributed by atoms with Crippen LogP contribution in [0.25, 0.3) is 44.2 Å². The molecule has 0 spiro atoms. The van der Waals surface area contributed by atoms with Crippen LogP contribution >= 0.6 is 0 Å². The molecule has 0 aliphatic heterocycles. The molecule has 282 valence electrons. The highest BCUT2D eigenvalue weighted by molar-refractivity contribution is 6.00. The summed E-state index contributed by atoms with van der Waals surface area (Å²) < 4.78 is 0. The molecule has 4 aliphatic carbocycles. The topological polar surface area (TPSA) is 3.24 Å². The van der Waals surface area contributed by atoms with E-state index in [-0.39, 0.29) is 5.41 Å². The van der Waals surface area contributed by atoms with E-state index in [0.717, 1.165) is 17.8 Å². The summed E-state index contributed by atoms with van der Waals surface area (Å²) in [5.74, 6) is 3.14. The van der Waals surface area contributed by atoms with E-state index in [2.05, 4.69) is 170 Å². The van der Waals surface area contributed by atoms with Gasteiger partial charge in [0.15, 0.2) is 0 Å². The Morgan fingerprint density at radius 1 is 0.509 bits per heavy atom. The lowest BCUT2D eigenvalue weighted by molar-refractivity contribution is 0.420. The fourth-order valence-corrected chi connectivity index (χ4v) is 12.1. The fraction of sp³-hybridized carbons (Fsp3) is 0.286. The molecule has 3 unspecified atom stereocenters. The van der Waals surface area contributed by atoms with Crippen LogP contribution < -0.4 is 4.90 Å². The molecule has 7 aromatic rings. The van der Waals surface area contributed by atoms with Crippen molar-refractivity contribution in [1.82, 2.24) is 0 Å². The van der Waals surface area contributed by atoms with Gasteiger partial charge in [0.05, 0.1) is 5.69 Å². The second-order valence-corrected chi connectivity index (χ2v) is 18.3. The van der Waals surface area contributed by atoms with Crippen LogP contribution in [0.15, 0.2) is 152 Å². The molecule has 3 fully saturated rings. The van der Waals surface area contributed by atoms with Crippen LogP contribution in [0.1, 0.15) is 106 Å². The van der Waals surface area contributed by atoms with Crippen molar-refractivity contribution >= 4 is 27.8 Å². The predicted octanol–water partition coefficient (Wildman–Crippen LogP) is 15.9. The largest absolute Gasteiger partial charge is 0.310 e. The zero-order valence-corrected chi connectivity index (χ0v) is 33.6. The quantitative estimate of drug-likeness (QED) is 0.157. The second-order valence-electron chi connectivity index (χ2n) is 18.3. The average Bonchev–Trinajstić information content (AvgIpc) is 3.97. The molecule has 57 heavy (non-hydrogen) atoms. The first-order valence-electron chi connectivity index (χ1n) is 21.9. The summed E-state index contributed by atoms with van der Waals surface area (Å²) in [5.41, 5.74) is 17.4. The summed E-state index contributed by atoms with van der Waals surface area (Å²) in [4.78, 5) is 2.57. The number of fused-ring (bicyclic) bond motifs is 6. The Balaban J connectivity index is 1.06. The molecule has 7 aromatic carbocycles. The molecule has 0 amide bonds. The molecule has 0 radical (unpaired) electrons. The maximum Gasteiger partial charge on any atom is 0.0540 e. The van der Waals surface area contributed by atoms with Gasteiger partial charge in [-0.1, -0.05) is 161 Å². The van der Waals surface area contributed by atoms with Gasteiger partial charge in [-0.3, -0.25) is 0 Å². The van der Waals surface area contributed by atoms with E-state index in [9.17, 15) is 0 Å². The fourth-order valence-electron chi connectivity index (χ4n) is 12.1. The third-order valence-corrected chi connectivity index (χ3v) is 14.8. The summed E-state index contributed by atoms with van der Waals surface area (Å²) in [5, 5.41) is 2.60. The first-order valence-corrected chi connectivity index (χ1v) is 21.9. The van der Waals surface area contributed by atoms with Crippen LogP contribution in [-0.2, 0) is 5.41 Å². The minimum atomic E-state index is -0.196. The van der Waals surface area contributed by atoms with Crippen molar-refractivity contribution < 1.29 is 0 Å². The first kappa shape index (κ1) is 34.8. The van der Waals surface area contributed by atoms with Gasteiger partial charge in [-0.25, -0.2) is 0 Å². The van der Waals surface area contributed by atoms with Gasteiger partial charge in [-0.2, -0.15) is 0 Å². The van der Waals surface area contributed by atoms with Crippen LogP contribution in [0.5, 0.6) is 0 Å². The first-order chi connectivity index (χ1) is 28.0. The van der Waals surface area contributed by atoms with Crippen molar-refractivity contribution in [2.45, 2.75) is 88.9 Å². The second kappa shape index (κ2) is 13.9. The lowest BCUT2D eigenvalue weighted by atomic mass is 9.78. The van der Waals surface area contributed by atoms with E-state index >= 15 is 0 Å². The molecular weight excluding hydrogens is 687 g/mol. The van der Waals surface area contributed by atoms with Gasteiger partial charge >= 0.3 is 0 Å². The molecule has 3 atom stereocenters. The molecule has 0 saturated heterocycles. The maximum absolute atomic E-state index is 2.57. The van der Waals surface area contributed by atoms with Crippen molar-refractivity contribution in [2.24, 2.45) is 11.8 Å². The van der Waals surface area contributed by atoms with Gasteiger partial charge in [-0.15, -0.1) is 0 Å². The Labute approximate surface area is 339 Å². The zero-order chi connectivity index (χ0) is 38.1. The van der Waals surface area contributed by atoms with Gasteiger partial charge in [0.1, 0.15) is 0 Å². The molecule has 0 heterocycles. The van der Waals surface area contributed by atoms with Crippen molar-refractivity contribution in [3.8, 4) is 33.4 Å². The van der Waals surface area contributed by atoms with E-state index in [1.54, 1.807) is 0 Å². The summed E-state index contributed by atoms with van der Waals surface area (Å²) in [6.07, 6.45) is 12.2. The van der Waals surface area contributed by atoms with Gasteiger partial charge in [0, 0.05) is 22.4 Å². The standard InChI is InChI=1S/C56H53N/c1-56(2)53-36-43(32-33-48(53)51-24-13-23-50(55(51)56)47-22-12-17-39-16-6-7-18-45(39)47)57(42-30-28-40(29-31-42)52-35-37-26-27-41(52)34-37)54-25-11-10-21-49(54)46-20-9-8-19-44(46)38-14-4-3-5-15-38/h6-13,16-25,28-33,36-38,41,52H,3-5,14-15,26-27,34-35H2,1-2H3. The van der Waals surface area contributed by atoms with Gasteiger partial charge < -0.3 is 4.90 Å². The minimum absolute atomic E-state index is 0.196. The highest BCUT2D eigenvalue weighted by Crippen LogP contribution is 2.56. The SMILES string of the molecule is CC1(C)c2cc(N(c3ccc(C4CC5CCC4C5)cc3)c3ccccc3-c3ccccc3C3CCCCC3)ccc2-c2cccc(-c3cccc4ccccc34)c21. The predicted molar refractivity (Wildman–Crippen MR) is 241 cm³/mol. The lowest BCUT2D eigenvalue weighted by Crippen LogP contribution is -2.18. The monoisotopic (exact) mass is 739 g/mol. The molecule has 1 nitrogen and oxygen atoms in total. The van der Waals surface area contributed by atoms with Crippen molar-refractivity contribution in [3.05, 3.63) is 174 Å². The van der Waals surface area contributed by atoms with Crippen molar-refractivity contribution in [1.29, 1.82) is 0 Å². The third-order valence-electron chi connectivity index (χ3n) is 14.8. The van der Waals surface area contributed by atoms with Crippen LogP contribution in [0, 0.1) is 11.8 Å². The normalized spacial score (nSPS) is 20.8. The Bertz CT molecular complexity index is 2620. The number of rotatable bonds is 7. The molecule has 0 N–H and O–H groups in total. The Kier molecular flexibility index (Phi) is 8.50. The van der Waals surface area contributed by atoms with Crippen LogP contribution in [0.2, 0.25) is 0 Å². The van der Waals surface area contributed by atoms with Crippen LogP contribution in [-0.4, -0.2) is 0 Å². The highest BCUT2D eigenvalue weighted by atomic mass is 15.1. The number of benzene rings is 7. The van der Waals surface area contributed by atoms with Gasteiger partial charge in [0.25, 0.3) is 0 Å². The number of para-hydroxylation sites is 1. The highest BCUT2D eigenvalue weighted by Gasteiger charge is 2.41. The van der Waals surface area contributed by atoms with Crippen molar-refractivity contribution in [3.63, 3.8) is 0 Å². The minimum Gasteiger partial charge on any atom is -0.310 e.